The maximum absolute atomic E-state index is 12.8. The number of alkyl halides is 2. The van der Waals surface area contributed by atoms with Crippen LogP contribution in [0, 0.1) is 0 Å². The van der Waals surface area contributed by atoms with Crippen LogP contribution in [0.15, 0.2) is 84.9 Å². The zero-order chi connectivity index (χ0) is 19.8. The molecule has 0 aromatic heterocycles. The summed E-state index contributed by atoms with van der Waals surface area (Å²) in [5.74, 6) is -0.148. The molecule has 5 heteroatoms. The Kier molecular flexibility index (Phi) is 6.52. The second kappa shape index (κ2) is 9.46. The van der Waals surface area contributed by atoms with Crippen molar-refractivity contribution >= 4 is 17.6 Å². The molecular weight excluding hydrogens is 360 g/mol. The van der Waals surface area contributed by atoms with Gasteiger partial charge in [-0.15, -0.1) is 0 Å². The first-order valence-electron chi connectivity index (χ1n) is 8.76. The van der Waals surface area contributed by atoms with Crippen LogP contribution in [0.5, 0.6) is 5.75 Å². The van der Waals surface area contributed by atoms with E-state index < -0.39 is 6.61 Å². The third kappa shape index (κ3) is 5.51. The molecule has 0 radical (unpaired) electrons. The molecule has 0 bridgehead atoms. The third-order valence-corrected chi connectivity index (χ3v) is 4.04. The lowest BCUT2D eigenvalue weighted by Crippen LogP contribution is -2.23. The number of nitrogens with one attached hydrogen (secondary N) is 1. The lowest BCUT2D eigenvalue weighted by atomic mass is 10.0. The van der Waals surface area contributed by atoms with Crippen molar-refractivity contribution in [1.82, 2.24) is 5.32 Å². The predicted octanol–water partition coefficient (Wildman–Crippen LogP) is 5.15. The molecule has 142 valence electrons. The Morgan fingerprint density at radius 3 is 2.11 bits per heavy atom. The van der Waals surface area contributed by atoms with Gasteiger partial charge in [0.25, 0.3) is 5.91 Å². The van der Waals surface area contributed by atoms with Crippen LogP contribution in [0.25, 0.3) is 11.6 Å². The van der Waals surface area contributed by atoms with Gasteiger partial charge in [-0.1, -0.05) is 72.8 Å². The summed E-state index contributed by atoms with van der Waals surface area (Å²) in [6, 6.07) is 25.1. The summed E-state index contributed by atoms with van der Waals surface area (Å²) in [6.07, 6.45) is 1.72. The monoisotopic (exact) mass is 379 g/mol. The van der Waals surface area contributed by atoms with Gasteiger partial charge in [0.05, 0.1) is 0 Å². The Balaban J connectivity index is 1.82. The molecule has 0 fully saturated rings. The molecule has 0 saturated carbocycles. The molecule has 0 aliphatic heterocycles. The molecule has 3 aromatic carbocycles. The van der Waals surface area contributed by atoms with Gasteiger partial charge in [0.15, 0.2) is 0 Å². The van der Waals surface area contributed by atoms with Crippen molar-refractivity contribution in [3.8, 4) is 5.75 Å². The van der Waals surface area contributed by atoms with Crippen LogP contribution in [-0.2, 0) is 11.3 Å². The maximum Gasteiger partial charge on any atom is 0.387 e. The van der Waals surface area contributed by atoms with Gasteiger partial charge < -0.3 is 10.1 Å². The highest BCUT2D eigenvalue weighted by molar-refractivity contribution is 6.24. The summed E-state index contributed by atoms with van der Waals surface area (Å²) < 4.78 is 29.0. The Morgan fingerprint density at radius 2 is 1.50 bits per heavy atom. The predicted molar refractivity (Wildman–Crippen MR) is 106 cm³/mol. The van der Waals surface area contributed by atoms with E-state index in [1.807, 2.05) is 60.7 Å². The van der Waals surface area contributed by atoms with E-state index in [0.29, 0.717) is 17.7 Å². The fraction of sp³-hybridized carbons (Fsp3) is 0.0870. The van der Waals surface area contributed by atoms with Gasteiger partial charge >= 0.3 is 6.61 Å². The van der Waals surface area contributed by atoms with Crippen molar-refractivity contribution < 1.29 is 18.3 Å². The van der Waals surface area contributed by atoms with Crippen molar-refractivity contribution in [2.75, 3.05) is 0 Å². The van der Waals surface area contributed by atoms with Crippen LogP contribution in [-0.4, -0.2) is 12.5 Å². The highest BCUT2D eigenvalue weighted by Crippen LogP contribution is 2.21. The zero-order valence-corrected chi connectivity index (χ0v) is 15.0. The maximum atomic E-state index is 12.8. The van der Waals surface area contributed by atoms with Gasteiger partial charge in [-0.3, -0.25) is 4.79 Å². The standard InChI is InChI=1S/C23H19F2NO2/c24-23(25)28-20-13-11-17(12-14-20)15-21(19-9-5-2-6-10-19)22(27)26-16-18-7-3-1-4-8-18/h1-15,23H,16H2,(H,26,27)/b21-15+. The van der Waals surface area contributed by atoms with Crippen LogP contribution in [0.1, 0.15) is 16.7 Å². The molecule has 0 spiro atoms. The quantitative estimate of drug-likeness (QED) is 0.456. The lowest BCUT2D eigenvalue weighted by molar-refractivity contribution is -0.115. The van der Waals surface area contributed by atoms with Crippen molar-refractivity contribution in [2.24, 2.45) is 0 Å². The van der Waals surface area contributed by atoms with E-state index in [0.717, 1.165) is 11.1 Å². The first-order chi connectivity index (χ1) is 13.6. The topological polar surface area (TPSA) is 38.3 Å². The summed E-state index contributed by atoms with van der Waals surface area (Å²) in [5.41, 5.74) is 2.95. The lowest BCUT2D eigenvalue weighted by Gasteiger charge is -2.10. The largest absolute Gasteiger partial charge is 0.435 e. The smallest absolute Gasteiger partial charge is 0.387 e. The van der Waals surface area contributed by atoms with Gasteiger partial charge in [-0.2, -0.15) is 8.78 Å². The SMILES string of the molecule is O=C(NCc1ccccc1)/C(=C/c1ccc(OC(F)F)cc1)c1ccccc1. The summed E-state index contributed by atoms with van der Waals surface area (Å²) in [5, 5.41) is 2.92. The van der Waals surface area contributed by atoms with E-state index in [4.69, 9.17) is 0 Å². The molecule has 0 aliphatic carbocycles. The molecule has 28 heavy (non-hydrogen) atoms. The van der Waals surface area contributed by atoms with E-state index >= 15 is 0 Å². The van der Waals surface area contributed by atoms with Crippen LogP contribution in [0.3, 0.4) is 0 Å². The van der Waals surface area contributed by atoms with Crippen LogP contribution in [0.4, 0.5) is 8.78 Å². The number of rotatable bonds is 7. The number of hydrogen-bond acceptors (Lipinski definition) is 2. The molecule has 0 aliphatic rings. The van der Waals surface area contributed by atoms with Gasteiger partial charge in [0.2, 0.25) is 0 Å². The number of carbonyl (C=O) groups excluding carboxylic acids is 1. The number of ether oxygens (including phenoxy) is 1. The van der Waals surface area contributed by atoms with Gasteiger partial charge in [0.1, 0.15) is 5.75 Å². The molecule has 0 heterocycles. The summed E-state index contributed by atoms with van der Waals surface area (Å²) in [7, 11) is 0. The summed E-state index contributed by atoms with van der Waals surface area (Å²) in [6.45, 7) is -2.46. The van der Waals surface area contributed by atoms with Crippen molar-refractivity contribution in [2.45, 2.75) is 13.2 Å². The van der Waals surface area contributed by atoms with Crippen LogP contribution >= 0.6 is 0 Å². The van der Waals surface area contributed by atoms with Gasteiger partial charge in [0, 0.05) is 12.1 Å². The van der Waals surface area contributed by atoms with E-state index in [9.17, 15) is 13.6 Å². The van der Waals surface area contributed by atoms with E-state index in [2.05, 4.69) is 10.1 Å². The number of amides is 1. The zero-order valence-electron chi connectivity index (χ0n) is 15.0. The molecule has 1 amide bonds. The van der Waals surface area contributed by atoms with Crippen LogP contribution < -0.4 is 10.1 Å². The first-order valence-corrected chi connectivity index (χ1v) is 8.76. The molecule has 3 nitrogen and oxygen atoms in total. The minimum absolute atomic E-state index is 0.0712. The average molecular weight is 379 g/mol. The summed E-state index contributed by atoms with van der Waals surface area (Å²) in [4.78, 5) is 12.8. The normalized spacial score (nSPS) is 11.3. The molecule has 3 aromatic rings. The molecule has 0 unspecified atom stereocenters. The summed E-state index contributed by atoms with van der Waals surface area (Å²) >= 11 is 0. The Labute approximate surface area is 162 Å². The number of carbonyl (C=O) groups is 1. The average Bonchev–Trinajstić information content (AvgIpc) is 2.72. The van der Waals surface area contributed by atoms with Crippen molar-refractivity contribution in [1.29, 1.82) is 0 Å². The van der Waals surface area contributed by atoms with Crippen molar-refractivity contribution in [3.05, 3.63) is 102 Å². The molecular formula is C23H19F2NO2. The second-order valence-corrected chi connectivity index (χ2v) is 6.04. The highest BCUT2D eigenvalue weighted by Gasteiger charge is 2.12. The molecule has 3 rings (SSSR count). The van der Waals surface area contributed by atoms with Gasteiger partial charge in [-0.25, -0.2) is 0 Å². The Hall–Kier alpha value is -3.47. The Bertz CT molecular complexity index is 924. The third-order valence-electron chi connectivity index (χ3n) is 4.04. The van der Waals surface area contributed by atoms with E-state index in [1.54, 1.807) is 18.2 Å². The number of benzene rings is 3. The fourth-order valence-corrected chi connectivity index (χ4v) is 2.68. The Morgan fingerprint density at radius 1 is 0.893 bits per heavy atom. The highest BCUT2D eigenvalue weighted by atomic mass is 19.3. The molecule has 0 saturated heterocycles. The minimum Gasteiger partial charge on any atom is -0.435 e. The molecule has 1 N–H and O–H groups in total. The second-order valence-electron chi connectivity index (χ2n) is 6.04. The number of halogens is 2. The first kappa shape index (κ1) is 19.3. The van der Waals surface area contributed by atoms with Gasteiger partial charge in [-0.05, 0) is 34.9 Å². The minimum atomic E-state index is -2.87. The fourth-order valence-electron chi connectivity index (χ4n) is 2.68. The number of hydrogen-bond donors (Lipinski definition) is 1. The van der Waals surface area contributed by atoms with E-state index in [1.165, 1.54) is 12.1 Å². The van der Waals surface area contributed by atoms with Crippen LogP contribution in [0.2, 0.25) is 0 Å². The van der Waals surface area contributed by atoms with E-state index in [-0.39, 0.29) is 11.7 Å². The van der Waals surface area contributed by atoms with Crippen molar-refractivity contribution in [3.63, 3.8) is 0 Å². The molecule has 0 atom stereocenters.